The highest BCUT2D eigenvalue weighted by atomic mass is 16.5. The summed E-state index contributed by atoms with van der Waals surface area (Å²) < 4.78 is 5.34. The quantitative estimate of drug-likeness (QED) is 0.841. The lowest BCUT2D eigenvalue weighted by molar-refractivity contribution is 0.0200. The van der Waals surface area contributed by atoms with Gasteiger partial charge in [0.2, 0.25) is 5.89 Å². The number of aromatic nitrogens is 2. The second-order valence-corrected chi connectivity index (χ2v) is 5.82. The van der Waals surface area contributed by atoms with Crippen LogP contribution in [0.5, 0.6) is 0 Å². The fourth-order valence-electron chi connectivity index (χ4n) is 2.10. The third-order valence-electron chi connectivity index (χ3n) is 3.30. The Labute approximate surface area is 108 Å². The van der Waals surface area contributed by atoms with E-state index in [2.05, 4.69) is 22.0 Å². The molecule has 1 aromatic heterocycles. The molecule has 102 valence electrons. The Morgan fingerprint density at radius 1 is 1.50 bits per heavy atom. The largest absolute Gasteiger partial charge is 0.389 e. The number of nitrogens with zero attached hydrogens (tertiary/aromatic N) is 3. The van der Waals surface area contributed by atoms with Gasteiger partial charge in [-0.25, -0.2) is 0 Å². The maximum atomic E-state index is 9.91. The normalized spacial score (nSPS) is 18.3. The van der Waals surface area contributed by atoms with E-state index >= 15 is 0 Å². The molecule has 0 aliphatic heterocycles. The second-order valence-electron chi connectivity index (χ2n) is 5.82. The first-order chi connectivity index (χ1) is 8.40. The number of aliphatic hydroxyl groups is 1. The Kier molecular flexibility index (Phi) is 3.73. The zero-order chi connectivity index (χ0) is 13.3. The summed E-state index contributed by atoms with van der Waals surface area (Å²) in [7, 11) is 0. The number of likely N-dealkylation sites (N-methyl/N-ethyl adjacent to an activating group) is 1. The molecule has 0 amide bonds. The molecule has 0 spiro atoms. The van der Waals surface area contributed by atoms with Crippen LogP contribution in [-0.2, 0) is 0 Å². The van der Waals surface area contributed by atoms with Crippen molar-refractivity contribution in [3.8, 4) is 0 Å². The molecule has 1 aromatic rings. The predicted octanol–water partition coefficient (Wildman–Crippen LogP) is 2.10. The molecule has 0 radical (unpaired) electrons. The van der Waals surface area contributed by atoms with Crippen LogP contribution >= 0.6 is 0 Å². The Balaban J connectivity index is 2.04. The molecule has 1 aliphatic rings. The van der Waals surface area contributed by atoms with Gasteiger partial charge in [0.05, 0.1) is 11.6 Å². The molecule has 2 rings (SSSR count). The Bertz CT molecular complexity index is 393. The maximum Gasteiger partial charge on any atom is 0.243 e. The van der Waals surface area contributed by atoms with Crippen molar-refractivity contribution in [1.29, 1.82) is 0 Å². The first-order valence-corrected chi connectivity index (χ1v) is 6.70. The van der Waals surface area contributed by atoms with Crippen LogP contribution < -0.4 is 0 Å². The van der Waals surface area contributed by atoms with E-state index in [1.54, 1.807) is 0 Å². The number of rotatable bonds is 6. The molecule has 0 saturated heterocycles. The highest BCUT2D eigenvalue weighted by Crippen LogP contribution is 2.38. The zero-order valence-electron chi connectivity index (χ0n) is 11.7. The van der Waals surface area contributed by atoms with Gasteiger partial charge in [-0.05, 0) is 40.2 Å². The van der Waals surface area contributed by atoms with E-state index in [1.165, 1.54) is 12.8 Å². The van der Waals surface area contributed by atoms with Crippen LogP contribution in [0.15, 0.2) is 4.52 Å². The van der Waals surface area contributed by atoms with E-state index < -0.39 is 5.60 Å². The van der Waals surface area contributed by atoms with Crippen LogP contribution in [0, 0.1) is 0 Å². The van der Waals surface area contributed by atoms with Gasteiger partial charge in [0.25, 0.3) is 0 Å². The monoisotopic (exact) mass is 253 g/mol. The van der Waals surface area contributed by atoms with E-state index in [0.29, 0.717) is 18.4 Å². The fourth-order valence-corrected chi connectivity index (χ4v) is 2.10. The Hall–Kier alpha value is -0.940. The molecule has 0 bridgehead atoms. The SMILES string of the molecule is CCN(CC(C)(C)O)C(C)c1nc(C2CC2)no1. The zero-order valence-corrected chi connectivity index (χ0v) is 11.7. The second kappa shape index (κ2) is 4.97. The van der Waals surface area contributed by atoms with Gasteiger partial charge < -0.3 is 9.63 Å². The molecule has 18 heavy (non-hydrogen) atoms. The van der Waals surface area contributed by atoms with Gasteiger partial charge in [0.1, 0.15) is 0 Å². The van der Waals surface area contributed by atoms with Gasteiger partial charge in [0.15, 0.2) is 5.82 Å². The van der Waals surface area contributed by atoms with Gasteiger partial charge >= 0.3 is 0 Å². The van der Waals surface area contributed by atoms with Crippen LogP contribution in [-0.4, -0.2) is 38.8 Å². The number of hydrogen-bond acceptors (Lipinski definition) is 5. The van der Waals surface area contributed by atoms with Crippen LogP contribution in [0.3, 0.4) is 0 Å². The minimum Gasteiger partial charge on any atom is -0.389 e. The summed E-state index contributed by atoms with van der Waals surface area (Å²) in [6.45, 7) is 9.16. The lowest BCUT2D eigenvalue weighted by Crippen LogP contribution is -2.40. The van der Waals surface area contributed by atoms with Crippen molar-refractivity contribution in [3.05, 3.63) is 11.7 Å². The summed E-state index contributed by atoms with van der Waals surface area (Å²) in [6, 6.07) is 0.0430. The Morgan fingerprint density at radius 2 is 2.17 bits per heavy atom. The molecule has 5 nitrogen and oxygen atoms in total. The van der Waals surface area contributed by atoms with Crippen molar-refractivity contribution >= 4 is 0 Å². The van der Waals surface area contributed by atoms with Crippen LogP contribution in [0.2, 0.25) is 0 Å². The van der Waals surface area contributed by atoms with Gasteiger partial charge in [-0.3, -0.25) is 4.90 Å². The van der Waals surface area contributed by atoms with Crippen molar-refractivity contribution in [2.45, 2.75) is 58.1 Å². The molecular formula is C13H23N3O2. The highest BCUT2D eigenvalue weighted by Gasteiger charge is 2.31. The summed E-state index contributed by atoms with van der Waals surface area (Å²) in [5.41, 5.74) is -0.719. The Morgan fingerprint density at radius 3 is 2.67 bits per heavy atom. The molecule has 1 heterocycles. The minimum atomic E-state index is -0.719. The van der Waals surface area contributed by atoms with Crippen LogP contribution in [0.4, 0.5) is 0 Å². The molecule has 1 aliphatic carbocycles. The molecule has 1 N–H and O–H groups in total. The fraction of sp³-hybridized carbons (Fsp3) is 0.846. The summed E-state index contributed by atoms with van der Waals surface area (Å²) in [4.78, 5) is 6.61. The molecule has 1 saturated carbocycles. The molecule has 1 atom stereocenters. The van der Waals surface area contributed by atoms with Crippen molar-refractivity contribution in [1.82, 2.24) is 15.0 Å². The standard InChI is InChI=1S/C13H23N3O2/c1-5-16(8-13(3,4)17)9(2)12-14-11(15-18-12)10-6-7-10/h9-10,17H,5-8H2,1-4H3. The van der Waals surface area contributed by atoms with E-state index in [1.807, 2.05) is 20.8 Å². The van der Waals surface area contributed by atoms with Gasteiger partial charge in [-0.2, -0.15) is 4.98 Å². The minimum absolute atomic E-state index is 0.0430. The van der Waals surface area contributed by atoms with Gasteiger partial charge in [-0.15, -0.1) is 0 Å². The van der Waals surface area contributed by atoms with Crippen molar-refractivity contribution < 1.29 is 9.63 Å². The lowest BCUT2D eigenvalue weighted by Gasteiger charge is -2.30. The topological polar surface area (TPSA) is 62.4 Å². The lowest BCUT2D eigenvalue weighted by atomic mass is 10.1. The molecule has 0 aromatic carbocycles. The molecule has 5 heteroatoms. The van der Waals surface area contributed by atoms with E-state index in [-0.39, 0.29) is 6.04 Å². The molecular weight excluding hydrogens is 230 g/mol. The highest BCUT2D eigenvalue weighted by molar-refractivity contribution is 5.04. The van der Waals surface area contributed by atoms with E-state index in [0.717, 1.165) is 12.4 Å². The van der Waals surface area contributed by atoms with Gasteiger partial charge in [0, 0.05) is 12.5 Å². The number of hydrogen-bond donors (Lipinski definition) is 1. The average molecular weight is 253 g/mol. The smallest absolute Gasteiger partial charge is 0.243 e. The molecule has 1 unspecified atom stereocenters. The van der Waals surface area contributed by atoms with Gasteiger partial charge in [-0.1, -0.05) is 12.1 Å². The van der Waals surface area contributed by atoms with E-state index in [9.17, 15) is 5.11 Å². The predicted molar refractivity (Wildman–Crippen MR) is 68.2 cm³/mol. The third-order valence-corrected chi connectivity index (χ3v) is 3.30. The summed E-state index contributed by atoms with van der Waals surface area (Å²) in [5.74, 6) is 2.01. The summed E-state index contributed by atoms with van der Waals surface area (Å²) >= 11 is 0. The van der Waals surface area contributed by atoms with E-state index in [4.69, 9.17) is 4.52 Å². The van der Waals surface area contributed by atoms with Crippen LogP contribution in [0.25, 0.3) is 0 Å². The van der Waals surface area contributed by atoms with Crippen molar-refractivity contribution in [2.75, 3.05) is 13.1 Å². The molecule has 1 fully saturated rings. The summed E-state index contributed by atoms with van der Waals surface area (Å²) in [6.07, 6.45) is 2.35. The van der Waals surface area contributed by atoms with Crippen molar-refractivity contribution in [3.63, 3.8) is 0 Å². The third kappa shape index (κ3) is 3.29. The van der Waals surface area contributed by atoms with Crippen molar-refractivity contribution in [2.24, 2.45) is 0 Å². The maximum absolute atomic E-state index is 9.91. The summed E-state index contributed by atoms with van der Waals surface area (Å²) in [5, 5.41) is 13.9. The first-order valence-electron chi connectivity index (χ1n) is 6.70. The first kappa shape index (κ1) is 13.5. The van der Waals surface area contributed by atoms with Crippen LogP contribution in [0.1, 0.15) is 64.2 Å². The average Bonchev–Trinajstić information content (AvgIpc) is 3.02.